The maximum atomic E-state index is 12.3. The van der Waals surface area contributed by atoms with Gasteiger partial charge in [0.05, 0.1) is 0 Å². The van der Waals surface area contributed by atoms with E-state index in [0.29, 0.717) is 18.7 Å². The molecule has 0 aliphatic carbocycles. The number of H-pyrrole nitrogens is 1. The van der Waals surface area contributed by atoms with Gasteiger partial charge in [0.2, 0.25) is 5.66 Å². The van der Waals surface area contributed by atoms with E-state index in [0.717, 1.165) is 6.42 Å². The third kappa shape index (κ3) is 1.68. The van der Waals surface area contributed by atoms with Crippen LogP contribution >= 0.6 is 0 Å². The van der Waals surface area contributed by atoms with E-state index in [1.165, 1.54) is 4.90 Å². The third-order valence-electron chi connectivity index (χ3n) is 3.72. The lowest BCUT2D eigenvalue weighted by atomic mass is 10.1. The van der Waals surface area contributed by atoms with Gasteiger partial charge in [-0.3, -0.25) is 19.9 Å². The van der Waals surface area contributed by atoms with E-state index in [9.17, 15) is 9.59 Å². The molecule has 2 aliphatic heterocycles. The number of rotatable bonds is 2. The first-order valence-corrected chi connectivity index (χ1v) is 6.40. The molecule has 3 heterocycles. The number of nitrogens with two attached hydrogens (primary N) is 1. The summed E-state index contributed by atoms with van der Waals surface area (Å²) in [4.78, 5) is 32.8. The van der Waals surface area contributed by atoms with Crippen LogP contribution in [0.25, 0.3) is 0 Å². The minimum absolute atomic E-state index is 0.177. The molecule has 106 valence electrons. The molecule has 2 amide bonds. The second-order valence-corrected chi connectivity index (χ2v) is 4.93. The van der Waals surface area contributed by atoms with Gasteiger partial charge in [-0.15, -0.1) is 0 Å². The highest BCUT2D eigenvalue weighted by molar-refractivity contribution is 6.06. The first-order chi connectivity index (χ1) is 9.54. The van der Waals surface area contributed by atoms with Crippen molar-refractivity contribution in [3.63, 3.8) is 0 Å². The summed E-state index contributed by atoms with van der Waals surface area (Å²) in [6, 6.07) is 3.40. The van der Waals surface area contributed by atoms with Crippen molar-refractivity contribution in [3.05, 3.63) is 24.0 Å². The fraction of sp³-hybridized carbons (Fsp3) is 0.417. The molecule has 1 fully saturated rings. The minimum Gasteiger partial charge on any atom is -0.369 e. The molecule has 1 atom stereocenters. The fourth-order valence-corrected chi connectivity index (χ4v) is 2.63. The van der Waals surface area contributed by atoms with Crippen molar-refractivity contribution in [3.8, 4) is 0 Å². The number of amides is 2. The standard InChI is InChI=1S/C12H16N6O2/c1-17-10(20)12(15-11(17)13)5-3-7-18(12)16-9(19)8-4-2-6-14-8/h2,4,6,14H,3,5,7H2,1H3,(H2,13,15)(H,16,19). The monoisotopic (exact) mass is 276 g/mol. The maximum Gasteiger partial charge on any atom is 0.282 e. The van der Waals surface area contributed by atoms with Crippen molar-refractivity contribution < 1.29 is 9.59 Å². The van der Waals surface area contributed by atoms with Crippen LogP contribution in [-0.4, -0.2) is 51.9 Å². The first-order valence-electron chi connectivity index (χ1n) is 6.40. The Morgan fingerprint density at radius 3 is 3.00 bits per heavy atom. The van der Waals surface area contributed by atoms with Gasteiger partial charge >= 0.3 is 0 Å². The Labute approximate surface area is 115 Å². The summed E-state index contributed by atoms with van der Waals surface area (Å²) in [5.41, 5.74) is 7.81. The zero-order valence-corrected chi connectivity index (χ0v) is 11.1. The maximum absolute atomic E-state index is 12.3. The number of hydrazine groups is 1. The molecule has 1 unspecified atom stereocenters. The van der Waals surface area contributed by atoms with E-state index in [1.807, 2.05) is 0 Å². The number of likely N-dealkylation sites (N-methyl/N-ethyl adjacent to an activating group) is 1. The van der Waals surface area contributed by atoms with Crippen LogP contribution in [0.5, 0.6) is 0 Å². The number of nitrogens with zero attached hydrogens (tertiary/aromatic N) is 3. The zero-order chi connectivity index (χ0) is 14.3. The molecule has 2 aliphatic rings. The Hall–Kier alpha value is -2.35. The zero-order valence-electron chi connectivity index (χ0n) is 11.1. The lowest BCUT2D eigenvalue weighted by Crippen LogP contribution is -2.57. The van der Waals surface area contributed by atoms with Crippen molar-refractivity contribution in [1.82, 2.24) is 20.3 Å². The second kappa shape index (κ2) is 4.34. The summed E-state index contributed by atoms with van der Waals surface area (Å²) in [6.45, 7) is 0.558. The number of nitrogens with one attached hydrogen (secondary N) is 2. The first kappa shape index (κ1) is 12.7. The van der Waals surface area contributed by atoms with Gasteiger partial charge in [-0.2, -0.15) is 5.01 Å². The molecule has 8 nitrogen and oxygen atoms in total. The van der Waals surface area contributed by atoms with Gasteiger partial charge in [0.15, 0.2) is 5.96 Å². The molecule has 0 aromatic carbocycles. The van der Waals surface area contributed by atoms with Crippen molar-refractivity contribution in [1.29, 1.82) is 0 Å². The molecular weight excluding hydrogens is 260 g/mol. The number of aromatic nitrogens is 1. The highest BCUT2D eigenvalue weighted by Crippen LogP contribution is 2.34. The number of hydrogen-bond donors (Lipinski definition) is 3. The van der Waals surface area contributed by atoms with Crippen LogP contribution in [0, 0.1) is 0 Å². The lowest BCUT2D eigenvalue weighted by molar-refractivity contribution is -0.136. The van der Waals surface area contributed by atoms with Crippen LogP contribution in [0.3, 0.4) is 0 Å². The summed E-state index contributed by atoms with van der Waals surface area (Å²) in [5.74, 6) is -0.331. The molecule has 1 aromatic rings. The van der Waals surface area contributed by atoms with Crippen molar-refractivity contribution >= 4 is 17.8 Å². The summed E-state index contributed by atoms with van der Waals surface area (Å²) >= 11 is 0. The smallest absolute Gasteiger partial charge is 0.282 e. The van der Waals surface area contributed by atoms with E-state index in [1.54, 1.807) is 30.4 Å². The Balaban J connectivity index is 1.84. The van der Waals surface area contributed by atoms with E-state index < -0.39 is 5.66 Å². The molecule has 8 heteroatoms. The summed E-state index contributed by atoms with van der Waals surface area (Å²) in [7, 11) is 1.58. The fourth-order valence-electron chi connectivity index (χ4n) is 2.63. The van der Waals surface area contributed by atoms with E-state index in [2.05, 4.69) is 15.4 Å². The molecule has 1 saturated heterocycles. The summed E-state index contributed by atoms with van der Waals surface area (Å²) < 4.78 is 0. The number of aliphatic imine (C=N–C) groups is 1. The molecular formula is C12H16N6O2. The minimum atomic E-state index is -1.08. The number of hydrogen-bond acceptors (Lipinski definition) is 5. The van der Waals surface area contributed by atoms with Crippen LogP contribution in [0.2, 0.25) is 0 Å². The predicted octanol–water partition coefficient (Wildman–Crippen LogP) is -0.762. The average molecular weight is 276 g/mol. The number of carbonyl (C=O) groups is 2. The number of guanidine groups is 1. The van der Waals surface area contributed by atoms with Gasteiger partial charge in [0, 0.05) is 19.8 Å². The van der Waals surface area contributed by atoms with Gasteiger partial charge in [0.1, 0.15) is 5.69 Å². The van der Waals surface area contributed by atoms with Gasteiger partial charge in [0.25, 0.3) is 11.8 Å². The highest BCUT2D eigenvalue weighted by atomic mass is 16.2. The lowest BCUT2D eigenvalue weighted by Gasteiger charge is -2.30. The highest BCUT2D eigenvalue weighted by Gasteiger charge is 2.54. The molecule has 0 radical (unpaired) electrons. The van der Waals surface area contributed by atoms with Crippen LogP contribution in [0.1, 0.15) is 23.3 Å². The molecule has 0 saturated carbocycles. The van der Waals surface area contributed by atoms with Crippen molar-refractivity contribution in [2.45, 2.75) is 18.5 Å². The molecule has 4 N–H and O–H groups in total. The second-order valence-electron chi connectivity index (χ2n) is 4.93. The van der Waals surface area contributed by atoms with Gasteiger partial charge in [-0.05, 0) is 25.0 Å². The molecule has 3 rings (SSSR count). The number of aromatic amines is 1. The predicted molar refractivity (Wildman–Crippen MR) is 71.3 cm³/mol. The quantitative estimate of drug-likeness (QED) is 0.660. The molecule has 0 bridgehead atoms. The van der Waals surface area contributed by atoms with Gasteiger partial charge in [-0.1, -0.05) is 0 Å². The Morgan fingerprint density at radius 2 is 2.40 bits per heavy atom. The molecule has 1 spiro atoms. The van der Waals surface area contributed by atoms with Gasteiger partial charge in [-0.25, -0.2) is 4.99 Å². The number of carbonyl (C=O) groups excluding carboxylic acids is 2. The topological polar surface area (TPSA) is 107 Å². The normalized spacial score (nSPS) is 26.4. The average Bonchev–Trinajstić information content (AvgIpc) is 3.11. The summed E-state index contributed by atoms with van der Waals surface area (Å²) in [6.07, 6.45) is 2.97. The SMILES string of the molecule is CN1C(=O)C2(CCCN2NC(=O)c2ccc[nH]2)N=C1N. The largest absolute Gasteiger partial charge is 0.369 e. The van der Waals surface area contributed by atoms with Gasteiger partial charge < -0.3 is 10.7 Å². The van der Waals surface area contributed by atoms with Crippen molar-refractivity contribution in [2.24, 2.45) is 10.7 Å². The Bertz CT molecular complexity index is 581. The summed E-state index contributed by atoms with van der Waals surface area (Å²) in [5, 5.41) is 1.58. The van der Waals surface area contributed by atoms with Crippen LogP contribution in [-0.2, 0) is 4.79 Å². The van der Waals surface area contributed by atoms with E-state index in [-0.39, 0.29) is 17.8 Å². The van der Waals surface area contributed by atoms with Crippen molar-refractivity contribution in [2.75, 3.05) is 13.6 Å². The van der Waals surface area contributed by atoms with Crippen LogP contribution < -0.4 is 11.2 Å². The van der Waals surface area contributed by atoms with Crippen LogP contribution in [0.4, 0.5) is 0 Å². The van der Waals surface area contributed by atoms with E-state index >= 15 is 0 Å². The Kier molecular flexibility index (Phi) is 2.75. The third-order valence-corrected chi connectivity index (χ3v) is 3.72. The van der Waals surface area contributed by atoms with E-state index in [4.69, 9.17) is 5.73 Å². The molecule has 1 aromatic heterocycles. The van der Waals surface area contributed by atoms with Crippen LogP contribution in [0.15, 0.2) is 23.3 Å². The molecule has 20 heavy (non-hydrogen) atoms. The Morgan fingerprint density at radius 1 is 1.60 bits per heavy atom.